The lowest BCUT2D eigenvalue weighted by Crippen LogP contribution is -2.38. The predicted octanol–water partition coefficient (Wildman–Crippen LogP) is 16.9. The normalized spacial score (nSPS) is 20.7. The van der Waals surface area contributed by atoms with Gasteiger partial charge in [-0.1, -0.05) is 98.8 Å². The number of nitrogens with zero attached hydrogens (tertiary/aromatic N) is 20. The molecule has 0 radical (unpaired) electrons. The van der Waals surface area contributed by atoms with Crippen LogP contribution in [-0.2, 0) is 90.0 Å². The maximum Gasteiger partial charge on any atom is 0.219 e. The van der Waals surface area contributed by atoms with Crippen molar-refractivity contribution in [3.05, 3.63) is 179 Å². The zero-order valence-corrected chi connectivity index (χ0v) is 81.0. The van der Waals surface area contributed by atoms with E-state index in [0.717, 1.165) is 283 Å². The third-order valence-electron chi connectivity index (χ3n) is 31.1. The maximum atomic E-state index is 13.8. The van der Waals surface area contributed by atoms with Crippen LogP contribution >= 0.6 is 0 Å². The van der Waals surface area contributed by atoms with Crippen molar-refractivity contribution >= 4 is 90.0 Å². The van der Waals surface area contributed by atoms with E-state index in [1.54, 1.807) is 38.8 Å². The minimum atomic E-state index is -1.48. The minimum Gasteiger partial charge on any atom is -0.381 e. The number of carbonyl (C=O) groups excluding carboxylic acids is 4. The fourth-order valence-corrected chi connectivity index (χ4v) is 23.2. The lowest BCUT2D eigenvalue weighted by molar-refractivity contribution is -0.130. The van der Waals surface area contributed by atoms with Crippen molar-refractivity contribution in [3.63, 3.8) is 0 Å². The molecule has 12 aromatic rings. The smallest absolute Gasteiger partial charge is 0.219 e. The van der Waals surface area contributed by atoms with E-state index < -0.39 is 12.3 Å². The zero-order chi connectivity index (χ0) is 94.8. The van der Waals surface area contributed by atoms with Gasteiger partial charge in [0.25, 0.3) is 0 Å². The number of benzene rings is 4. The molecule has 0 unspecified atom stereocenters. The number of alkyl halides is 2. The number of aromatic nitrogens is 12. The van der Waals surface area contributed by atoms with Gasteiger partial charge in [0, 0.05) is 310 Å². The Morgan fingerprint density at radius 1 is 0.362 bits per heavy atom. The molecule has 0 bridgehead atoms. The number of amides is 4. The van der Waals surface area contributed by atoms with Crippen LogP contribution in [0.5, 0.6) is 0 Å². The number of fused-ring (bicyclic) bond motifs is 8. The van der Waals surface area contributed by atoms with Gasteiger partial charge in [-0.05, 0) is 136 Å². The van der Waals surface area contributed by atoms with Crippen molar-refractivity contribution in [2.24, 2.45) is 5.41 Å². The second kappa shape index (κ2) is 38.9. The van der Waals surface area contributed by atoms with Crippen molar-refractivity contribution < 1.29 is 46.9 Å². The summed E-state index contributed by atoms with van der Waals surface area (Å²) in [6, 6.07) is 35.2. The van der Waals surface area contributed by atoms with Gasteiger partial charge in [0.2, 0.25) is 23.6 Å². The molecule has 7 fully saturated rings. The van der Waals surface area contributed by atoms with Gasteiger partial charge in [0.05, 0.1) is 60.0 Å². The molecule has 8 aromatic heterocycles. The summed E-state index contributed by atoms with van der Waals surface area (Å²) >= 11 is 0. The Hall–Kier alpha value is -12.1. The highest BCUT2D eigenvalue weighted by atomic mass is 19.2. The third-order valence-corrected chi connectivity index (χ3v) is 31.1. The summed E-state index contributed by atoms with van der Waals surface area (Å²) in [7, 11) is 0. The summed E-state index contributed by atoms with van der Waals surface area (Å²) in [6.45, 7) is 32.3. The van der Waals surface area contributed by atoms with E-state index in [-0.39, 0.29) is 48.3 Å². The number of carbonyl (C=O) groups is 4. The summed E-state index contributed by atoms with van der Waals surface area (Å²) in [6.07, 6.45) is 23.8. The fourth-order valence-electron chi connectivity index (χ4n) is 23.2. The van der Waals surface area contributed by atoms with Crippen molar-refractivity contribution in [2.75, 3.05) is 144 Å². The van der Waals surface area contributed by atoms with Crippen LogP contribution in [0.2, 0.25) is 0 Å². The highest BCUT2D eigenvalue weighted by molar-refractivity contribution is 6.01. The van der Waals surface area contributed by atoms with Crippen molar-refractivity contribution in [3.8, 4) is 45.0 Å². The number of hydrogen-bond donors (Lipinski definition) is 0. The lowest BCUT2D eigenvalue weighted by atomic mass is 9.93. The molecule has 20 heterocycles. The highest BCUT2D eigenvalue weighted by Crippen LogP contribution is 2.46. The minimum absolute atomic E-state index is 0.0171. The summed E-state index contributed by atoms with van der Waals surface area (Å²) in [5.74, 6) is 4.11. The molecular formula is C108H128F2N20O8. The Labute approximate surface area is 805 Å². The van der Waals surface area contributed by atoms with Gasteiger partial charge in [-0.25, -0.2) is 28.7 Å². The zero-order valence-electron chi connectivity index (χ0n) is 81.0. The number of anilines is 4. The van der Waals surface area contributed by atoms with Crippen LogP contribution in [0.1, 0.15) is 195 Å². The first kappa shape index (κ1) is 92.2. The summed E-state index contributed by atoms with van der Waals surface area (Å²) in [4.78, 5) is 84.6. The third kappa shape index (κ3) is 18.4. The molecule has 722 valence electrons. The van der Waals surface area contributed by atoms with E-state index in [1.807, 2.05) is 62.5 Å². The Balaban J connectivity index is 0.000000110. The van der Waals surface area contributed by atoms with Crippen LogP contribution in [0.3, 0.4) is 0 Å². The molecule has 28 nitrogen and oxygen atoms in total. The molecule has 24 rings (SSSR count). The molecule has 12 aliphatic heterocycles. The number of rotatable bonds is 12. The van der Waals surface area contributed by atoms with Crippen molar-refractivity contribution in [1.29, 1.82) is 0 Å². The molecule has 4 aromatic carbocycles. The molecule has 4 amide bonds. The number of hydrogen-bond acceptors (Lipinski definition) is 20. The van der Waals surface area contributed by atoms with E-state index in [0.29, 0.717) is 62.1 Å². The fraction of sp³-hybridized carbons (Fsp3) is 0.500. The van der Waals surface area contributed by atoms with Crippen LogP contribution in [0.15, 0.2) is 134 Å². The van der Waals surface area contributed by atoms with E-state index in [4.69, 9.17) is 54.3 Å². The standard InChI is InChI=1S/2C28H35N5O2.C26H29F2N5O2.C26H29N5O2/c1-19(34)31-13-8-25-24(18-31)27(30-33(25)21-9-14-35-15-10-21)22-7-4-6-20-16-26(29-17-23(20)22)32-12-5-11-28(32,2)3;1-19(34)31-11-7-25-24(17-31)27(30-33(25)21-8-13-35-14-9-21)22-6-4-5-20-15-26(29-16-23(20)22)32-12-10-28(2,3)18-32;1-16(34)31-8-5-24-21(13-31)26(30-33(24)18-6-9-35-10-7-18)19-4-2-3-17-11-25(29-12-20(17)19)32-14-22(27)23(28)15-32;1-18(32)30-12-7-24-23(17-30)26(28-31(24)20-8-13-33-14-9-20)21-6-4-5-19-15-25(27-16-22(19)21)29-10-2-3-11-29/h4,6-7,16-17,21H,5,8-15,18H2,1-3H3;4-6,15-16,21H,7-14,17-18H2,1-3H3;2-4,11-12,18,22-23H,5-10,13-15H2,1H3;2-6,15-16,20H,7-14,17H2,1H3/t;;22-,23+;. The van der Waals surface area contributed by atoms with Gasteiger partial charge in [-0.2, -0.15) is 20.4 Å². The van der Waals surface area contributed by atoms with E-state index in [2.05, 4.69) is 151 Å². The monoisotopic (exact) mass is 1870 g/mol. The van der Waals surface area contributed by atoms with E-state index >= 15 is 0 Å². The first-order valence-corrected chi connectivity index (χ1v) is 50.3. The number of halogens is 2. The molecule has 138 heavy (non-hydrogen) atoms. The lowest BCUT2D eigenvalue weighted by Gasteiger charge is -2.32. The molecule has 0 aliphatic carbocycles. The molecule has 0 N–H and O–H groups in total. The van der Waals surface area contributed by atoms with Gasteiger partial charge in [-0.3, -0.25) is 37.9 Å². The van der Waals surface area contributed by atoms with Gasteiger partial charge in [-0.15, -0.1) is 0 Å². The number of pyridine rings is 4. The predicted molar refractivity (Wildman–Crippen MR) is 532 cm³/mol. The largest absolute Gasteiger partial charge is 0.381 e. The van der Waals surface area contributed by atoms with Crippen LogP contribution in [0.4, 0.5) is 32.1 Å². The summed E-state index contributed by atoms with van der Waals surface area (Å²) in [5.41, 5.74) is 18.3. The Morgan fingerprint density at radius 3 is 0.949 bits per heavy atom. The topological polar surface area (TPSA) is 254 Å². The molecule has 0 spiro atoms. The average Bonchev–Trinajstić information content (AvgIpc) is 1.60. The van der Waals surface area contributed by atoms with Crippen molar-refractivity contribution in [1.82, 2.24) is 78.7 Å². The summed E-state index contributed by atoms with van der Waals surface area (Å²) in [5, 5.41) is 29.6. The molecular weight excluding hydrogens is 1740 g/mol. The Bertz CT molecular complexity index is 6440. The molecule has 0 saturated carbocycles. The van der Waals surface area contributed by atoms with Gasteiger partial charge < -0.3 is 58.1 Å². The Morgan fingerprint density at radius 2 is 0.659 bits per heavy atom. The maximum absolute atomic E-state index is 13.8. The highest BCUT2D eigenvalue weighted by Gasteiger charge is 2.41. The molecule has 2 atom stereocenters. The van der Waals surface area contributed by atoms with Crippen molar-refractivity contribution in [2.45, 2.75) is 220 Å². The Kier molecular flexibility index (Phi) is 26.0. The molecule has 30 heteroatoms. The first-order chi connectivity index (χ1) is 67.0. The van der Waals surface area contributed by atoms with Gasteiger partial charge in [0.1, 0.15) is 23.3 Å². The van der Waals surface area contributed by atoms with Crippen LogP contribution in [-0.4, -0.2) is 245 Å². The second-order valence-electron chi connectivity index (χ2n) is 41.0. The number of ether oxygens (including phenoxy) is 4. The summed E-state index contributed by atoms with van der Waals surface area (Å²) < 4.78 is 58.9. The average molecular weight is 1870 g/mol. The quantitative estimate of drug-likeness (QED) is 0.103. The van der Waals surface area contributed by atoms with Crippen LogP contribution < -0.4 is 19.6 Å². The first-order valence-electron chi connectivity index (χ1n) is 50.3. The second-order valence-corrected chi connectivity index (χ2v) is 41.0. The van der Waals surface area contributed by atoms with Crippen LogP contribution in [0, 0.1) is 5.41 Å². The van der Waals surface area contributed by atoms with E-state index in [9.17, 15) is 28.0 Å². The molecule has 7 saturated heterocycles. The van der Waals surface area contributed by atoms with E-state index in [1.165, 1.54) is 69.5 Å². The molecule has 12 aliphatic rings. The van der Waals surface area contributed by atoms with Gasteiger partial charge >= 0.3 is 0 Å². The SMILES string of the molecule is CC(=O)N1CCc2c(c(-c3cccc4cc(N5CC=CC5)ncc34)nn2C2CCOCC2)C1.CC(=O)N1CCc2c(c(-c3cccc4cc(N5CCC(C)(C)C5)ncc34)nn2C2CCOCC2)C1.CC(=O)N1CCc2c(c(-c3cccc4cc(N5CCCC5(C)C)ncc34)nn2C2CCOCC2)C1.CC(=O)N1CCc2c(c(-c3cccc4cc(N5C[C@@H](F)[C@@H](F)C5)ncc34)nn2C2CCOCC2)C1. The van der Waals surface area contributed by atoms with Crippen LogP contribution in [0.25, 0.3) is 88.1 Å². The van der Waals surface area contributed by atoms with Gasteiger partial charge in [0.15, 0.2) is 12.3 Å².